The molecule has 0 unspecified atom stereocenters. The minimum absolute atomic E-state index is 0.0872. The van der Waals surface area contributed by atoms with Gasteiger partial charge in [0.25, 0.3) is 0 Å². The van der Waals surface area contributed by atoms with Gasteiger partial charge in [-0.2, -0.15) is 0 Å². The van der Waals surface area contributed by atoms with E-state index in [2.05, 4.69) is 37.2 Å². The van der Waals surface area contributed by atoms with Crippen molar-refractivity contribution in [2.24, 2.45) is 23.5 Å². The summed E-state index contributed by atoms with van der Waals surface area (Å²) >= 11 is 0. The average molecular weight is 766 g/mol. The Kier molecular flexibility index (Phi) is 18.3. The van der Waals surface area contributed by atoms with Gasteiger partial charge in [0, 0.05) is 13.0 Å². The molecule has 2 fully saturated rings. The average Bonchev–Trinajstić information content (AvgIpc) is 3.81. The van der Waals surface area contributed by atoms with Gasteiger partial charge in [0.15, 0.2) is 0 Å². The molecule has 0 radical (unpaired) electrons. The predicted molar refractivity (Wildman–Crippen MR) is 195 cm³/mol. The molecule has 0 saturated carbocycles. The van der Waals surface area contributed by atoms with Crippen LogP contribution in [0.2, 0.25) is 0 Å². The molecule has 8 amide bonds. The number of amides is 8. The van der Waals surface area contributed by atoms with E-state index < -0.39 is 95.9 Å². The first kappa shape index (κ1) is 45.3. The second-order valence-electron chi connectivity index (χ2n) is 14.9. The highest BCUT2D eigenvalue weighted by molar-refractivity contribution is 5.97. The fourth-order valence-electron chi connectivity index (χ4n) is 6.30. The van der Waals surface area contributed by atoms with Crippen LogP contribution in [0.25, 0.3) is 0 Å². The molecule has 0 aromatic carbocycles. The Morgan fingerprint density at radius 3 is 1.87 bits per heavy atom. The van der Waals surface area contributed by atoms with Crippen LogP contribution < -0.4 is 43.0 Å². The third-order valence-corrected chi connectivity index (χ3v) is 9.20. The molecule has 0 bridgehead atoms. The minimum Gasteiger partial charge on any atom is -0.480 e. The summed E-state index contributed by atoms with van der Waals surface area (Å²) < 4.78 is 0. The summed E-state index contributed by atoms with van der Waals surface area (Å²) in [5, 5.41) is 27.5. The number of carboxylic acid groups (broad SMARTS) is 1. The number of hydrogen-bond donors (Lipinski definition) is 9. The van der Waals surface area contributed by atoms with Crippen LogP contribution in [0.1, 0.15) is 86.5 Å². The number of carboxylic acids is 1. The van der Waals surface area contributed by atoms with Crippen LogP contribution in [0.15, 0.2) is 0 Å². The molecular weight excluding hydrogens is 706 g/mol. The van der Waals surface area contributed by atoms with Gasteiger partial charge in [0.05, 0.1) is 12.6 Å². The van der Waals surface area contributed by atoms with E-state index in [0.29, 0.717) is 19.4 Å². The van der Waals surface area contributed by atoms with Gasteiger partial charge in [0.1, 0.15) is 36.8 Å². The van der Waals surface area contributed by atoms with Crippen LogP contribution >= 0.6 is 0 Å². The van der Waals surface area contributed by atoms with Gasteiger partial charge in [0.2, 0.25) is 47.3 Å². The lowest BCUT2D eigenvalue weighted by molar-refractivity contribution is -0.143. The summed E-state index contributed by atoms with van der Waals surface area (Å²) in [4.78, 5) is 116. The van der Waals surface area contributed by atoms with Crippen molar-refractivity contribution in [1.82, 2.24) is 42.1 Å². The molecule has 2 aliphatic rings. The molecule has 0 aliphatic carbocycles. The lowest BCUT2D eigenvalue weighted by Crippen LogP contribution is -2.61. The Morgan fingerprint density at radius 1 is 0.741 bits per heavy atom. The van der Waals surface area contributed by atoms with Crippen molar-refractivity contribution in [3.8, 4) is 0 Å². The molecule has 10 N–H and O–H groups in total. The first-order valence-electron chi connectivity index (χ1n) is 18.6. The third kappa shape index (κ3) is 14.5. The summed E-state index contributed by atoms with van der Waals surface area (Å²) in [7, 11) is 0. The first-order chi connectivity index (χ1) is 25.3. The highest BCUT2D eigenvalue weighted by atomic mass is 16.4. The van der Waals surface area contributed by atoms with Gasteiger partial charge in [-0.25, -0.2) is 0 Å². The molecule has 19 nitrogen and oxygen atoms in total. The van der Waals surface area contributed by atoms with Crippen molar-refractivity contribution in [3.05, 3.63) is 0 Å². The lowest BCUT2D eigenvalue weighted by atomic mass is 9.98. The number of rotatable bonds is 21. The van der Waals surface area contributed by atoms with Gasteiger partial charge in [-0.1, -0.05) is 41.5 Å². The molecule has 0 aromatic rings. The first-order valence-corrected chi connectivity index (χ1v) is 18.6. The van der Waals surface area contributed by atoms with E-state index in [9.17, 15) is 43.2 Å². The normalized spacial score (nSPS) is 19.0. The quantitative estimate of drug-likeness (QED) is 0.0594. The topological polar surface area (TPSA) is 287 Å². The van der Waals surface area contributed by atoms with Crippen molar-refractivity contribution in [2.75, 3.05) is 26.2 Å². The highest BCUT2D eigenvalue weighted by Gasteiger charge is 2.39. The third-order valence-electron chi connectivity index (χ3n) is 9.20. The maximum Gasteiger partial charge on any atom is 0.322 e. The largest absolute Gasteiger partial charge is 0.480 e. The minimum atomic E-state index is -1.31. The van der Waals surface area contributed by atoms with Crippen molar-refractivity contribution in [2.45, 2.75) is 123 Å². The summed E-state index contributed by atoms with van der Waals surface area (Å²) in [6.45, 7) is 10.3. The predicted octanol–water partition coefficient (Wildman–Crippen LogP) is -2.39. The van der Waals surface area contributed by atoms with Crippen molar-refractivity contribution in [1.29, 1.82) is 0 Å². The standard InChI is InChI=1S/C35H59N9O10/c1-18(2)15-23(41-33(52)28(19(3)4)42-26(46)16-38-30(49)21-9-7-13-37-21)31(50)43-29(20(5)6)34(53)40-22(11-12-25(36)45)35(54)44-14-8-10-24(44)32(51)39-17-27(47)48/h18-24,28-29,37H,7-17H2,1-6H3,(H2,36,45)(H,38,49)(H,39,51)(H,40,53)(H,41,52)(H,42,46)(H,43,50)(H,47,48)/t21-,22-,23-,24-,28-,29-/m0/s1. The maximum absolute atomic E-state index is 13.8. The number of nitrogens with two attached hydrogens (primary N) is 1. The summed E-state index contributed by atoms with van der Waals surface area (Å²) in [5.74, 6) is -7.33. The Bertz CT molecular complexity index is 1380. The van der Waals surface area contributed by atoms with E-state index in [0.717, 1.165) is 6.42 Å². The SMILES string of the molecule is CC(C)C[C@H](NC(=O)[C@@H](NC(=O)CNC(=O)[C@@H]1CCCN1)C(C)C)C(=O)N[C@H](C(=O)N[C@@H](CCC(N)=O)C(=O)N1CCC[C@H]1C(=O)NCC(=O)O)C(C)C. The number of hydrogen-bond acceptors (Lipinski definition) is 10. The van der Waals surface area contributed by atoms with Crippen molar-refractivity contribution >= 4 is 53.2 Å². The molecule has 304 valence electrons. The Morgan fingerprint density at radius 2 is 1.33 bits per heavy atom. The molecule has 2 saturated heterocycles. The number of aliphatic carboxylic acids is 1. The van der Waals surface area contributed by atoms with Gasteiger partial charge >= 0.3 is 5.97 Å². The highest BCUT2D eigenvalue weighted by Crippen LogP contribution is 2.20. The second kappa shape index (κ2) is 21.8. The number of carbonyl (C=O) groups is 9. The van der Waals surface area contributed by atoms with Crippen LogP contribution in [-0.2, 0) is 43.2 Å². The monoisotopic (exact) mass is 765 g/mol. The molecule has 6 atom stereocenters. The summed E-state index contributed by atoms with van der Waals surface area (Å²) in [5.41, 5.74) is 5.34. The molecule has 2 aliphatic heterocycles. The summed E-state index contributed by atoms with van der Waals surface area (Å²) in [6.07, 6.45) is 1.91. The van der Waals surface area contributed by atoms with E-state index in [1.165, 1.54) is 4.90 Å². The van der Waals surface area contributed by atoms with Crippen molar-refractivity contribution in [3.63, 3.8) is 0 Å². The van der Waals surface area contributed by atoms with Gasteiger partial charge in [-0.15, -0.1) is 0 Å². The zero-order valence-corrected chi connectivity index (χ0v) is 32.1. The van der Waals surface area contributed by atoms with Crippen LogP contribution in [0.4, 0.5) is 0 Å². The number of nitrogens with one attached hydrogen (secondary N) is 7. The van der Waals surface area contributed by atoms with E-state index in [1.807, 2.05) is 13.8 Å². The maximum atomic E-state index is 13.8. The van der Waals surface area contributed by atoms with Gasteiger partial charge in [-0.3, -0.25) is 43.2 Å². The molecule has 54 heavy (non-hydrogen) atoms. The zero-order chi connectivity index (χ0) is 40.7. The smallest absolute Gasteiger partial charge is 0.322 e. The molecule has 0 spiro atoms. The Labute approximate surface area is 315 Å². The lowest BCUT2D eigenvalue weighted by Gasteiger charge is -2.31. The molecule has 2 heterocycles. The molecule has 0 aromatic heterocycles. The number of carbonyl (C=O) groups excluding carboxylic acids is 8. The molecule has 19 heteroatoms. The van der Waals surface area contributed by atoms with Crippen LogP contribution in [0.3, 0.4) is 0 Å². The fourth-order valence-corrected chi connectivity index (χ4v) is 6.30. The zero-order valence-electron chi connectivity index (χ0n) is 32.1. The van der Waals surface area contributed by atoms with Crippen LogP contribution in [0.5, 0.6) is 0 Å². The van der Waals surface area contributed by atoms with E-state index in [1.54, 1.807) is 27.7 Å². The van der Waals surface area contributed by atoms with Gasteiger partial charge in [-0.05, 0) is 62.8 Å². The Hall–Kier alpha value is -4.81. The second-order valence-corrected chi connectivity index (χ2v) is 14.9. The fraction of sp³-hybridized carbons (Fsp3) is 0.743. The number of primary amides is 1. The van der Waals surface area contributed by atoms with Crippen LogP contribution in [0, 0.1) is 17.8 Å². The number of nitrogens with zero attached hydrogens (tertiary/aromatic N) is 1. The number of likely N-dealkylation sites (tertiary alicyclic amines) is 1. The molecular formula is C35H59N9O10. The summed E-state index contributed by atoms with van der Waals surface area (Å²) in [6, 6.07) is -6.06. The molecule has 2 rings (SSSR count). The Balaban J connectivity index is 2.18. The van der Waals surface area contributed by atoms with Crippen LogP contribution in [-0.4, -0.2) is 126 Å². The van der Waals surface area contributed by atoms with E-state index in [-0.39, 0.29) is 56.6 Å². The van der Waals surface area contributed by atoms with E-state index >= 15 is 0 Å². The van der Waals surface area contributed by atoms with Crippen molar-refractivity contribution < 1.29 is 48.3 Å². The van der Waals surface area contributed by atoms with E-state index in [4.69, 9.17) is 10.8 Å². The van der Waals surface area contributed by atoms with Gasteiger partial charge < -0.3 is 53.0 Å².